The number of anilines is 1. The standard InChI is InChI=1S/C26H33BrN4O4S2/c1-15-12-17-20(14-31(15)25(33)35-26(2,3)4)37-24(30-21(32)8-9-28-10-11-34-5)22(17)23-29-18-13-16(27)6-7-19(18)36-23/h6-7,13,15,28H,8-12,14H2,1-5H3,(H,30,32). The summed E-state index contributed by atoms with van der Waals surface area (Å²) in [7, 11) is 1.65. The number of nitrogens with one attached hydrogen (secondary N) is 2. The zero-order valence-electron chi connectivity index (χ0n) is 21.8. The number of amides is 2. The minimum atomic E-state index is -0.566. The molecule has 3 heterocycles. The molecule has 2 amide bonds. The normalized spacial score (nSPS) is 15.6. The molecule has 4 rings (SSSR count). The maximum Gasteiger partial charge on any atom is 0.410 e. The summed E-state index contributed by atoms with van der Waals surface area (Å²) in [5, 5.41) is 8.00. The third kappa shape index (κ3) is 6.88. The molecule has 0 radical (unpaired) electrons. The van der Waals surface area contributed by atoms with Gasteiger partial charge in [0.05, 0.1) is 23.4 Å². The predicted molar refractivity (Wildman–Crippen MR) is 154 cm³/mol. The Hall–Kier alpha value is -2.05. The van der Waals surface area contributed by atoms with E-state index in [1.165, 1.54) is 11.3 Å². The van der Waals surface area contributed by atoms with Crippen molar-refractivity contribution in [3.05, 3.63) is 33.1 Å². The molecular weight excluding hydrogens is 576 g/mol. The summed E-state index contributed by atoms with van der Waals surface area (Å²) in [6.07, 6.45) is 0.686. The lowest BCUT2D eigenvalue weighted by Crippen LogP contribution is -2.44. The highest BCUT2D eigenvalue weighted by Gasteiger charge is 2.35. The first-order valence-corrected chi connectivity index (χ1v) is 14.7. The van der Waals surface area contributed by atoms with Crippen molar-refractivity contribution >= 4 is 65.8 Å². The van der Waals surface area contributed by atoms with E-state index in [1.54, 1.807) is 23.3 Å². The molecule has 0 fully saturated rings. The van der Waals surface area contributed by atoms with E-state index < -0.39 is 5.60 Å². The number of fused-ring (bicyclic) bond motifs is 2. The molecule has 0 saturated heterocycles. The van der Waals surface area contributed by atoms with Crippen LogP contribution in [-0.4, -0.2) is 60.3 Å². The first-order chi connectivity index (χ1) is 17.6. The summed E-state index contributed by atoms with van der Waals surface area (Å²) < 4.78 is 12.8. The summed E-state index contributed by atoms with van der Waals surface area (Å²) >= 11 is 6.67. The Labute approximate surface area is 233 Å². The number of methoxy groups -OCH3 is 1. The summed E-state index contributed by atoms with van der Waals surface area (Å²) in [4.78, 5) is 33.5. The van der Waals surface area contributed by atoms with Gasteiger partial charge >= 0.3 is 6.09 Å². The first-order valence-electron chi connectivity index (χ1n) is 12.3. The van der Waals surface area contributed by atoms with E-state index in [0.29, 0.717) is 39.1 Å². The van der Waals surface area contributed by atoms with Crippen LogP contribution in [0, 0.1) is 0 Å². The smallest absolute Gasteiger partial charge is 0.410 e. The number of rotatable bonds is 8. The third-order valence-corrected chi connectivity index (χ3v) is 8.57. The summed E-state index contributed by atoms with van der Waals surface area (Å²) in [5.74, 6) is -0.0642. The maximum atomic E-state index is 12.9. The minimum Gasteiger partial charge on any atom is -0.444 e. The second-order valence-electron chi connectivity index (χ2n) is 10.0. The highest BCUT2D eigenvalue weighted by Crippen LogP contribution is 2.47. The van der Waals surface area contributed by atoms with E-state index >= 15 is 0 Å². The molecule has 1 atom stereocenters. The van der Waals surface area contributed by atoms with Gasteiger partial charge in [0.25, 0.3) is 0 Å². The van der Waals surface area contributed by atoms with Crippen molar-refractivity contribution in [1.29, 1.82) is 0 Å². The number of ether oxygens (including phenoxy) is 2. The molecule has 8 nitrogen and oxygen atoms in total. The van der Waals surface area contributed by atoms with Crippen molar-refractivity contribution in [3.63, 3.8) is 0 Å². The fraction of sp³-hybridized carbons (Fsp3) is 0.500. The molecule has 37 heavy (non-hydrogen) atoms. The molecule has 0 aliphatic carbocycles. The molecular formula is C26H33BrN4O4S2. The topological polar surface area (TPSA) is 92.8 Å². The predicted octanol–water partition coefficient (Wildman–Crippen LogP) is 6.03. The summed E-state index contributed by atoms with van der Waals surface area (Å²) in [6.45, 7) is 9.95. The molecule has 1 unspecified atom stereocenters. The second kappa shape index (κ2) is 11.8. The number of carbonyl (C=O) groups excluding carboxylic acids is 2. The van der Waals surface area contributed by atoms with Crippen LogP contribution in [0.25, 0.3) is 20.8 Å². The lowest BCUT2D eigenvalue weighted by Gasteiger charge is -2.35. The van der Waals surface area contributed by atoms with Gasteiger partial charge in [-0.15, -0.1) is 22.7 Å². The van der Waals surface area contributed by atoms with Gasteiger partial charge in [0.2, 0.25) is 5.91 Å². The molecule has 0 saturated carbocycles. The summed E-state index contributed by atoms with van der Waals surface area (Å²) in [5.41, 5.74) is 2.45. The molecule has 3 aromatic rings. The fourth-order valence-corrected chi connectivity index (χ4v) is 6.83. The third-order valence-electron chi connectivity index (χ3n) is 5.89. The van der Waals surface area contributed by atoms with Gasteiger partial charge in [-0.25, -0.2) is 9.78 Å². The van der Waals surface area contributed by atoms with Crippen LogP contribution in [0.4, 0.5) is 9.80 Å². The molecule has 1 aromatic carbocycles. The zero-order chi connectivity index (χ0) is 26.7. The number of hydrogen-bond donors (Lipinski definition) is 2. The number of halogens is 1. The molecule has 0 bridgehead atoms. The van der Waals surface area contributed by atoms with Crippen molar-refractivity contribution in [2.45, 2.75) is 58.7 Å². The quantitative estimate of drug-likeness (QED) is 0.303. The van der Waals surface area contributed by atoms with Gasteiger partial charge < -0.3 is 25.0 Å². The lowest BCUT2D eigenvalue weighted by atomic mass is 9.97. The van der Waals surface area contributed by atoms with E-state index in [0.717, 1.165) is 40.7 Å². The number of thiophene rings is 1. The van der Waals surface area contributed by atoms with Gasteiger partial charge in [0.1, 0.15) is 15.6 Å². The SMILES string of the molecule is COCCNCCC(=O)Nc1sc2c(c1-c1nc3cc(Br)ccc3s1)CC(C)N(C(=O)OC(C)(C)C)C2. The Balaban J connectivity index is 1.65. The van der Waals surface area contributed by atoms with Gasteiger partial charge in [0.15, 0.2) is 0 Å². The van der Waals surface area contributed by atoms with Crippen molar-refractivity contribution < 1.29 is 19.1 Å². The van der Waals surface area contributed by atoms with Crippen LogP contribution < -0.4 is 10.6 Å². The molecule has 2 aromatic heterocycles. The molecule has 2 N–H and O–H groups in total. The molecule has 1 aliphatic heterocycles. The first kappa shape index (κ1) is 28.0. The van der Waals surface area contributed by atoms with E-state index in [2.05, 4.69) is 32.6 Å². The summed E-state index contributed by atoms with van der Waals surface area (Å²) in [6, 6.07) is 6.02. The number of hydrogen-bond acceptors (Lipinski definition) is 8. The number of benzene rings is 1. The number of nitrogens with zero attached hydrogens (tertiary/aromatic N) is 2. The van der Waals surface area contributed by atoms with E-state index in [1.807, 2.05) is 39.8 Å². The van der Waals surface area contributed by atoms with Gasteiger partial charge in [-0.05, 0) is 57.9 Å². The highest BCUT2D eigenvalue weighted by atomic mass is 79.9. The number of carbonyl (C=O) groups is 2. The molecule has 0 spiro atoms. The maximum absolute atomic E-state index is 12.9. The Bertz CT molecular complexity index is 1280. The Morgan fingerprint density at radius 3 is 2.76 bits per heavy atom. The molecule has 1 aliphatic rings. The van der Waals surface area contributed by atoms with Crippen LogP contribution in [0.2, 0.25) is 0 Å². The lowest BCUT2D eigenvalue weighted by molar-refractivity contribution is -0.116. The highest BCUT2D eigenvalue weighted by molar-refractivity contribution is 9.10. The Morgan fingerprint density at radius 2 is 2.03 bits per heavy atom. The van der Waals surface area contributed by atoms with Crippen LogP contribution in [0.5, 0.6) is 0 Å². The van der Waals surface area contributed by atoms with Crippen LogP contribution >= 0.6 is 38.6 Å². The number of aromatic nitrogens is 1. The average molecular weight is 610 g/mol. The van der Waals surface area contributed by atoms with E-state index in [9.17, 15) is 9.59 Å². The van der Waals surface area contributed by atoms with Crippen LogP contribution in [-0.2, 0) is 27.2 Å². The van der Waals surface area contributed by atoms with Crippen molar-refractivity contribution in [2.75, 3.05) is 32.1 Å². The molecule has 200 valence electrons. The zero-order valence-corrected chi connectivity index (χ0v) is 25.0. The number of thiazole rings is 1. The molecule has 11 heteroatoms. The van der Waals surface area contributed by atoms with Crippen molar-refractivity contribution in [1.82, 2.24) is 15.2 Å². The second-order valence-corrected chi connectivity index (χ2v) is 13.1. The minimum absolute atomic E-state index is 0.0484. The monoisotopic (exact) mass is 608 g/mol. The van der Waals surface area contributed by atoms with Gasteiger partial charge in [-0.1, -0.05) is 15.9 Å². The van der Waals surface area contributed by atoms with Crippen LogP contribution in [0.15, 0.2) is 22.7 Å². The van der Waals surface area contributed by atoms with Crippen molar-refractivity contribution in [2.24, 2.45) is 0 Å². The largest absolute Gasteiger partial charge is 0.444 e. The Morgan fingerprint density at radius 1 is 1.24 bits per heavy atom. The van der Waals surface area contributed by atoms with Gasteiger partial charge in [0, 0.05) is 47.6 Å². The van der Waals surface area contributed by atoms with E-state index in [4.69, 9.17) is 14.5 Å². The van der Waals surface area contributed by atoms with Gasteiger partial charge in [-0.2, -0.15) is 0 Å². The Kier molecular flexibility index (Phi) is 8.90. The average Bonchev–Trinajstić information content (AvgIpc) is 3.36. The fourth-order valence-electron chi connectivity index (χ4n) is 4.15. The van der Waals surface area contributed by atoms with Crippen molar-refractivity contribution in [3.8, 4) is 10.6 Å². The van der Waals surface area contributed by atoms with E-state index in [-0.39, 0.29) is 18.0 Å². The van der Waals surface area contributed by atoms with Crippen LogP contribution in [0.3, 0.4) is 0 Å². The van der Waals surface area contributed by atoms with Gasteiger partial charge in [-0.3, -0.25) is 4.79 Å². The van der Waals surface area contributed by atoms with Crippen LogP contribution in [0.1, 0.15) is 44.6 Å².